The van der Waals surface area contributed by atoms with Gasteiger partial charge in [-0.05, 0) is 31.5 Å². The summed E-state index contributed by atoms with van der Waals surface area (Å²) >= 11 is 0. The Morgan fingerprint density at radius 3 is 2.62 bits per heavy atom. The van der Waals surface area contributed by atoms with Gasteiger partial charge in [-0.2, -0.15) is 18.2 Å². The van der Waals surface area contributed by atoms with Gasteiger partial charge in [0, 0.05) is 0 Å². The molecule has 7 nitrogen and oxygen atoms in total. The van der Waals surface area contributed by atoms with Gasteiger partial charge < -0.3 is 0 Å². The van der Waals surface area contributed by atoms with Crippen LogP contribution in [0.1, 0.15) is 11.4 Å². The van der Waals surface area contributed by atoms with Crippen molar-refractivity contribution in [1.29, 1.82) is 0 Å². The Hall–Kier alpha value is -1.93. The summed E-state index contributed by atoms with van der Waals surface area (Å²) in [6.45, 7) is 3.65. The summed E-state index contributed by atoms with van der Waals surface area (Å²) in [4.78, 5) is 12.3. The van der Waals surface area contributed by atoms with Crippen LogP contribution in [-0.4, -0.2) is 35.6 Å². The van der Waals surface area contributed by atoms with Crippen molar-refractivity contribution in [3.63, 3.8) is 0 Å². The van der Waals surface area contributed by atoms with E-state index in [2.05, 4.69) is 9.28 Å². The van der Waals surface area contributed by atoms with Gasteiger partial charge >= 0.3 is 5.69 Å². The van der Waals surface area contributed by atoms with Gasteiger partial charge in [-0.1, -0.05) is 12.1 Å². The third-order valence-electron chi connectivity index (χ3n) is 2.91. The molecular weight excluding hydrogens is 294 g/mol. The fraction of sp³-hybridized carbons (Fsp3) is 0.385. The Kier molecular flexibility index (Phi) is 4.29. The number of benzene rings is 1. The highest BCUT2D eigenvalue weighted by Gasteiger charge is 2.12. The average molecular weight is 311 g/mol. The zero-order valence-electron chi connectivity index (χ0n) is 12.1. The third-order valence-corrected chi connectivity index (χ3v) is 3.50. The van der Waals surface area contributed by atoms with Gasteiger partial charge in [0.05, 0.1) is 25.1 Å². The smallest absolute Gasteiger partial charge is 0.276 e. The molecule has 21 heavy (non-hydrogen) atoms. The molecule has 0 radical (unpaired) electrons. The second kappa shape index (κ2) is 5.82. The predicted molar refractivity (Wildman–Crippen MR) is 78.1 cm³/mol. The molecule has 0 saturated heterocycles. The van der Waals surface area contributed by atoms with Gasteiger partial charge in [0.15, 0.2) is 0 Å². The first kappa shape index (κ1) is 15.5. The molecule has 1 aromatic carbocycles. The normalized spacial score (nSPS) is 11.8. The van der Waals surface area contributed by atoms with Crippen molar-refractivity contribution >= 4 is 10.1 Å². The minimum Gasteiger partial charge on any atom is -0.276 e. The maximum atomic E-state index is 12.3. The Morgan fingerprint density at radius 2 is 2.00 bits per heavy atom. The van der Waals surface area contributed by atoms with Gasteiger partial charge in [-0.3, -0.25) is 8.75 Å². The summed E-state index contributed by atoms with van der Waals surface area (Å²) in [6.07, 6.45) is 0.971. The molecule has 0 amide bonds. The Labute approximate surface area is 122 Å². The Balaban J connectivity index is 2.28. The van der Waals surface area contributed by atoms with E-state index < -0.39 is 10.1 Å². The second-order valence-corrected chi connectivity index (χ2v) is 6.40. The van der Waals surface area contributed by atoms with Gasteiger partial charge in [-0.25, -0.2) is 4.79 Å². The Morgan fingerprint density at radius 1 is 1.29 bits per heavy atom. The zero-order chi connectivity index (χ0) is 15.6. The van der Waals surface area contributed by atoms with E-state index in [9.17, 15) is 13.2 Å². The first-order chi connectivity index (χ1) is 9.78. The first-order valence-electron chi connectivity index (χ1n) is 6.36. The van der Waals surface area contributed by atoms with E-state index in [1.165, 1.54) is 9.25 Å². The molecule has 114 valence electrons. The highest BCUT2D eigenvalue weighted by molar-refractivity contribution is 7.85. The highest BCUT2D eigenvalue weighted by Crippen LogP contribution is 2.07. The van der Waals surface area contributed by atoms with E-state index in [-0.39, 0.29) is 18.8 Å². The number of aryl methyl sites for hydroxylation is 2. The van der Waals surface area contributed by atoms with Crippen LogP contribution in [0.15, 0.2) is 29.1 Å². The largest absolute Gasteiger partial charge is 0.350 e. The van der Waals surface area contributed by atoms with E-state index in [1.807, 2.05) is 25.1 Å². The fourth-order valence-corrected chi connectivity index (χ4v) is 2.34. The van der Waals surface area contributed by atoms with Crippen LogP contribution in [0.2, 0.25) is 0 Å². The maximum absolute atomic E-state index is 12.3. The molecule has 0 aliphatic heterocycles. The number of hydrogen-bond donors (Lipinski definition) is 0. The standard InChI is InChI=1S/C13H17N3O4S/c1-10-5-4-6-12(9-10)16-13(17)15(11(2)14-16)7-8-20-21(3,18)19/h4-6,9H,7-8H2,1-3H3. The van der Waals surface area contributed by atoms with E-state index in [0.29, 0.717) is 11.5 Å². The lowest BCUT2D eigenvalue weighted by Gasteiger charge is -2.03. The lowest BCUT2D eigenvalue weighted by Crippen LogP contribution is -2.26. The molecule has 0 atom stereocenters. The summed E-state index contributed by atoms with van der Waals surface area (Å²) in [5.74, 6) is 0.499. The van der Waals surface area contributed by atoms with Gasteiger partial charge in [0.25, 0.3) is 10.1 Å². The molecule has 1 aromatic heterocycles. The molecule has 8 heteroatoms. The third kappa shape index (κ3) is 3.79. The molecule has 0 bridgehead atoms. The molecule has 0 N–H and O–H groups in total. The van der Waals surface area contributed by atoms with Crippen molar-refractivity contribution < 1.29 is 12.6 Å². The van der Waals surface area contributed by atoms with Crippen LogP contribution < -0.4 is 5.69 Å². The molecule has 0 saturated carbocycles. The highest BCUT2D eigenvalue weighted by atomic mass is 32.2. The van der Waals surface area contributed by atoms with Crippen LogP contribution in [0.25, 0.3) is 5.69 Å². The van der Waals surface area contributed by atoms with Crippen molar-refractivity contribution in [2.24, 2.45) is 0 Å². The fourth-order valence-electron chi connectivity index (χ4n) is 1.96. The number of hydrogen-bond acceptors (Lipinski definition) is 5. The molecule has 0 aliphatic carbocycles. The van der Waals surface area contributed by atoms with Crippen LogP contribution in [0, 0.1) is 13.8 Å². The van der Waals surface area contributed by atoms with E-state index in [1.54, 1.807) is 13.0 Å². The van der Waals surface area contributed by atoms with Crippen molar-refractivity contribution in [2.45, 2.75) is 20.4 Å². The number of rotatable bonds is 5. The first-order valence-corrected chi connectivity index (χ1v) is 8.17. The predicted octanol–water partition coefficient (Wildman–Crippen LogP) is 0.627. The Bertz CT molecular complexity index is 805. The molecule has 0 spiro atoms. The molecule has 0 aliphatic rings. The number of nitrogens with zero attached hydrogens (tertiary/aromatic N) is 3. The number of aromatic nitrogens is 3. The maximum Gasteiger partial charge on any atom is 0.350 e. The second-order valence-electron chi connectivity index (χ2n) is 4.76. The molecule has 1 heterocycles. The van der Waals surface area contributed by atoms with Crippen LogP contribution >= 0.6 is 0 Å². The van der Waals surface area contributed by atoms with Crippen molar-refractivity contribution in [3.05, 3.63) is 46.1 Å². The molecule has 0 unspecified atom stereocenters. The zero-order valence-corrected chi connectivity index (χ0v) is 12.9. The molecule has 2 aromatic rings. The van der Waals surface area contributed by atoms with E-state index >= 15 is 0 Å². The molecule has 2 rings (SSSR count). The van der Waals surface area contributed by atoms with Crippen molar-refractivity contribution in [2.75, 3.05) is 12.9 Å². The summed E-state index contributed by atoms with van der Waals surface area (Å²) in [7, 11) is -3.51. The van der Waals surface area contributed by atoms with Crippen LogP contribution in [-0.2, 0) is 20.8 Å². The van der Waals surface area contributed by atoms with Crippen LogP contribution in [0.4, 0.5) is 0 Å². The van der Waals surface area contributed by atoms with E-state index in [4.69, 9.17) is 0 Å². The monoisotopic (exact) mass is 311 g/mol. The summed E-state index contributed by atoms with van der Waals surface area (Å²) in [5, 5.41) is 4.20. The minimum atomic E-state index is -3.51. The van der Waals surface area contributed by atoms with Crippen LogP contribution in [0.5, 0.6) is 0 Å². The topological polar surface area (TPSA) is 83.2 Å². The summed E-state index contributed by atoms with van der Waals surface area (Å²) < 4.78 is 29.2. The van der Waals surface area contributed by atoms with Crippen molar-refractivity contribution in [1.82, 2.24) is 14.3 Å². The lowest BCUT2D eigenvalue weighted by atomic mass is 10.2. The van der Waals surface area contributed by atoms with Gasteiger partial charge in [0.2, 0.25) is 0 Å². The lowest BCUT2D eigenvalue weighted by molar-refractivity contribution is 0.300. The van der Waals surface area contributed by atoms with Crippen LogP contribution in [0.3, 0.4) is 0 Å². The average Bonchev–Trinajstić information content (AvgIpc) is 2.65. The van der Waals surface area contributed by atoms with Gasteiger partial charge in [0.1, 0.15) is 5.82 Å². The minimum absolute atomic E-state index is 0.0981. The van der Waals surface area contributed by atoms with E-state index in [0.717, 1.165) is 11.8 Å². The summed E-state index contributed by atoms with van der Waals surface area (Å²) in [6, 6.07) is 7.42. The SMILES string of the molecule is Cc1cccc(-n2nc(C)n(CCOS(C)(=O)=O)c2=O)c1. The molecular formula is C13H17N3O4S. The van der Waals surface area contributed by atoms with Crippen molar-refractivity contribution in [3.8, 4) is 5.69 Å². The molecule has 0 fully saturated rings. The summed E-state index contributed by atoms with van der Waals surface area (Å²) in [5.41, 5.74) is 1.37. The quantitative estimate of drug-likeness (QED) is 0.756. The van der Waals surface area contributed by atoms with Gasteiger partial charge in [-0.15, -0.1) is 0 Å².